The maximum Gasteiger partial charge on any atom is 0.339 e. The quantitative estimate of drug-likeness (QED) is 0.756. The summed E-state index contributed by atoms with van der Waals surface area (Å²) in [6.45, 7) is 1.72. The fourth-order valence-electron chi connectivity index (χ4n) is 2.15. The van der Waals surface area contributed by atoms with Crippen LogP contribution >= 0.6 is 11.6 Å². The van der Waals surface area contributed by atoms with Crippen LogP contribution in [0.25, 0.3) is 0 Å². The Balaban J connectivity index is 2.28. The first-order valence-corrected chi connectivity index (χ1v) is 9.65. The van der Waals surface area contributed by atoms with E-state index < -0.39 is 21.9 Å². The van der Waals surface area contributed by atoms with Gasteiger partial charge in [-0.2, -0.15) is 0 Å². The van der Waals surface area contributed by atoms with Crippen LogP contribution in [-0.2, 0) is 14.8 Å². The Labute approximate surface area is 156 Å². The molecule has 2 aromatic rings. The third-order valence-corrected chi connectivity index (χ3v) is 4.34. The molecule has 0 saturated carbocycles. The molecule has 2 N–H and O–H groups in total. The van der Waals surface area contributed by atoms with Crippen LogP contribution < -0.4 is 10.0 Å². The van der Waals surface area contributed by atoms with Crippen LogP contribution in [0.2, 0.25) is 5.02 Å². The molecule has 0 saturated heterocycles. The van der Waals surface area contributed by atoms with Crippen LogP contribution in [0.3, 0.4) is 0 Å². The molecule has 0 unspecified atom stereocenters. The Hall–Kier alpha value is -2.58. The van der Waals surface area contributed by atoms with Crippen LogP contribution in [0, 0.1) is 6.92 Å². The van der Waals surface area contributed by atoms with Gasteiger partial charge in [-0.1, -0.05) is 17.7 Å². The minimum absolute atomic E-state index is 0.121. The molecule has 1 amide bonds. The van der Waals surface area contributed by atoms with E-state index in [9.17, 15) is 18.0 Å². The van der Waals surface area contributed by atoms with Crippen LogP contribution in [0.5, 0.6) is 0 Å². The van der Waals surface area contributed by atoms with Crippen molar-refractivity contribution in [2.45, 2.75) is 6.92 Å². The van der Waals surface area contributed by atoms with E-state index in [1.807, 2.05) is 0 Å². The highest BCUT2D eigenvalue weighted by molar-refractivity contribution is 7.92. The minimum Gasteiger partial charge on any atom is -0.465 e. The van der Waals surface area contributed by atoms with Crippen molar-refractivity contribution in [2.75, 3.05) is 23.4 Å². The smallest absolute Gasteiger partial charge is 0.339 e. The summed E-state index contributed by atoms with van der Waals surface area (Å²) in [5, 5.41) is 2.83. The molecular weight excluding hydrogens is 380 g/mol. The Morgan fingerprint density at radius 3 is 2.42 bits per heavy atom. The zero-order chi connectivity index (χ0) is 19.5. The SMILES string of the molecule is COC(=O)c1cc(NC(=O)c2ccc(C)c(NS(C)(=O)=O)c2)ccc1Cl. The summed E-state index contributed by atoms with van der Waals surface area (Å²) >= 11 is 5.94. The van der Waals surface area contributed by atoms with Gasteiger partial charge in [0.15, 0.2) is 0 Å². The highest BCUT2D eigenvalue weighted by Gasteiger charge is 2.14. The molecule has 2 aromatic carbocycles. The maximum atomic E-state index is 12.4. The average molecular weight is 397 g/mol. The van der Waals surface area contributed by atoms with Crippen LogP contribution in [0.4, 0.5) is 11.4 Å². The lowest BCUT2D eigenvalue weighted by Gasteiger charge is -2.11. The van der Waals surface area contributed by atoms with Gasteiger partial charge in [0.05, 0.1) is 29.6 Å². The molecule has 7 nitrogen and oxygen atoms in total. The van der Waals surface area contributed by atoms with Crippen molar-refractivity contribution < 1.29 is 22.7 Å². The zero-order valence-electron chi connectivity index (χ0n) is 14.3. The number of aryl methyl sites for hydroxylation is 1. The molecule has 0 radical (unpaired) electrons. The summed E-state index contributed by atoms with van der Waals surface area (Å²) < 4.78 is 29.8. The number of hydrogen-bond acceptors (Lipinski definition) is 5. The van der Waals surface area contributed by atoms with Gasteiger partial charge in [0.1, 0.15) is 0 Å². The normalized spacial score (nSPS) is 10.9. The first-order chi connectivity index (χ1) is 12.1. The van der Waals surface area contributed by atoms with E-state index in [1.54, 1.807) is 19.1 Å². The summed E-state index contributed by atoms with van der Waals surface area (Å²) in [6.07, 6.45) is 1.03. The van der Waals surface area contributed by atoms with E-state index >= 15 is 0 Å². The number of nitrogens with one attached hydrogen (secondary N) is 2. The summed E-state index contributed by atoms with van der Waals surface area (Å²) in [5.74, 6) is -1.10. The minimum atomic E-state index is -3.47. The third-order valence-electron chi connectivity index (χ3n) is 3.42. The molecule has 0 aliphatic heterocycles. The van der Waals surface area contributed by atoms with E-state index in [0.29, 0.717) is 16.9 Å². The standard InChI is InChI=1S/C17H17ClN2O5S/c1-10-4-5-11(8-15(10)20-26(3,23)24)16(21)19-12-6-7-14(18)13(9-12)17(22)25-2/h4-9,20H,1-3H3,(H,19,21). The van der Waals surface area contributed by atoms with Gasteiger partial charge >= 0.3 is 5.97 Å². The summed E-state index contributed by atoms with van der Waals surface area (Å²) in [6, 6.07) is 9.03. The Morgan fingerprint density at radius 1 is 1.12 bits per heavy atom. The number of rotatable bonds is 5. The second-order valence-corrected chi connectivity index (χ2v) is 7.70. The molecular formula is C17H17ClN2O5S. The van der Waals surface area contributed by atoms with Gasteiger partial charge in [-0.15, -0.1) is 0 Å². The highest BCUT2D eigenvalue weighted by Crippen LogP contribution is 2.23. The molecule has 2 rings (SSSR count). The molecule has 0 spiro atoms. The Morgan fingerprint density at radius 2 is 1.81 bits per heavy atom. The number of anilines is 2. The van der Waals surface area contributed by atoms with E-state index in [-0.39, 0.29) is 16.1 Å². The number of methoxy groups -OCH3 is 1. The first-order valence-electron chi connectivity index (χ1n) is 7.38. The van der Waals surface area contributed by atoms with Gasteiger partial charge in [0, 0.05) is 11.3 Å². The molecule has 0 aliphatic carbocycles. The van der Waals surface area contributed by atoms with Gasteiger partial charge < -0.3 is 10.1 Å². The van der Waals surface area contributed by atoms with Gasteiger partial charge in [-0.05, 0) is 42.8 Å². The molecule has 0 heterocycles. The largest absolute Gasteiger partial charge is 0.465 e. The van der Waals surface area contributed by atoms with Crippen LogP contribution in [0.15, 0.2) is 36.4 Å². The molecule has 9 heteroatoms. The predicted octanol–water partition coefficient (Wildman–Crippen LogP) is 3.06. The van der Waals surface area contributed by atoms with Crippen LogP contribution in [-0.4, -0.2) is 33.7 Å². The predicted molar refractivity (Wildman–Crippen MR) is 100 cm³/mol. The number of ether oxygens (including phenoxy) is 1. The van der Waals surface area contributed by atoms with Crippen molar-refractivity contribution in [3.05, 3.63) is 58.1 Å². The number of carbonyl (C=O) groups excluding carboxylic acids is 2. The molecule has 0 aliphatic rings. The lowest BCUT2D eigenvalue weighted by atomic mass is 10.1. The third kappa shape index (κ3) is 4.96. The average Bonchev–Trinajstić information content (AvgIpc) is 2.56. The van der Waals surface area contributed by atoms with Gasteiger partial charge in [0.2, 0.25) is 10.0 Å². The molecule has 0 atom stereocenters. The number of hydrogen-bond donors (Lipinski definition) is 2. The summed E-state index contributed by atoms with van der Waals surface area (Å²) in [4.78, 5) is 24.1. The van der Waals surface area contributed by atoms with E-state index in [2.05, 4.69) is 14.8 Å². The second-order valence-electron chi connectivity index (χ2n) is 5.54. The van der Waals surface area contributed by atoms with Crippen molar-refractivity contribution in [3.8, 4) is 0 Å². The van der Waals surface area contributed by atoms with Gasteiger partial charge in [-0.3, -0.25) is 9.52 Å². The molecule has 26 heavy (non-hydrogen) atoms. The first kappa shape index (κ1) is 19.7. The number of benzene rings is 2. The summed E-state index contributed by atoms with van der Waals surface area (Å²) in [5.41, 5.74) is 1.70. The molecule has 138 valence electrons. The summed E-state index contributed by atoms with van der Waals surface area (Å²) in [7, 11) is -2.24. The van der Waals surface area contributed by atoms with Crippen LogP contribution in [0.1, 0.15) is 26.3 Å². The molecule has 0 bridgehead atoms. The number of amides is 1. The Kier molecular flexibility index (Phi) is 5.89. The topological polar surface area (TPSA) is 102 Å². The van der Waals surface area contributed by atoms with Crippen molar-refractivity contribution in [3.63, 3.8) is 0 Å². The van der Waals surface area contributed by atoms with E-state index in [0.717, 1.165) is 6.26 Å². The maximum absolute atomic E-state index is 12.4. The monoisotopic (exact) mass is 396 g/mol. The number of carbonyl (C=O) groups is 2. The second kappa shape index (κ2) is 7.76. The highest BCUT2D eigenvalue weighted by atomic mass is 35.5. The fraction of sp³-hybridized carbons (Fsp3) is 0.176. The van der Waals surface area contributed by atoms with Gasteiger partial charge in [0.25, 0.3) is 5.91 Å². The van der Waals surface area contributed by atoms with Crippen molar-refractivity contribution in [2.24, 2.45) is 0 Å². The lowest BCUT2D eigenvalue weighted by Crippen LogP contribution is -2.15. The van der Waals surface area contributed by atoms with Crippen molar-refractivity contribution in [1.29, 1.82) is 0 Å². The lowest BCUT2D eigenvalue weighted by molar-refractivity contribution is 0.0600. The van der Waals surface area contributed by atoms with Crippen molar-refractivity contribution in [1.82, 2.24) is 0 Å². The molecule has 0 aromatic heterocycles. The number of sulfonamides is 1. The fourth-order valence-corrected chi connectivity index (χ4v) is 2.96. The van der Waals surface area contributed by atoms with Gasteiger partial charge in [-0.25, -0.2) is 13.2 Å². The number of esters is 1. The van der Waals surface area contributed by atoms with E-state index in [4.69, 9.17) is 11.6 Å². The van der Waals surface area contributed by atoms with E-state index in [1.165, 1.54) is 31.4 Å². The Bertz CT molecular complexity index is 973. The zero-order valence-corrected chi connectivity index (χ0v) is 15.9. The van der Waals surface area contributed by atoms with Crippen molar-refractivity contribution >= 4 is 44.9 Å². The molecule has 0 fully saturated rings. The number of halogens is 1.